The lowest BCUT2D eigenvalue weighted by molar-refractivity contribution is -0.137. The number of hydrogen-bond donors (Lipinski definition) is 1. The number of nitrogens with zero attached hydrogens (tertiary/aromatic N) is 4. The van der Waals surface area contributed by atoms with Crippen molar-refractivity contribution in [1.82, 2.24) is 14.1 Å². The summed E-state index contributed by atoms with van der Waals surface area (Å²) in [7, 11) is 0. The third-order valence-corrected chi connectivity index (χ3v) is 6.32. The number of halogens is 4. The van der Waals surface area contributed by atoms with E-state index in [1.54, 1.807) is 11.8 Å². The molecule has 12 heteroatoms. The molecule has 0 radical (unpaired) electrons. The maximum Gasteiger partial charge on any atom is 0.416 e. The van der Waals surface area contributed by atoms with Crippen molar-refractivity contribution >= 4 is 23.5 Å². The zero-order valence-electron chi connectivity index (χ0n) is 20.5. The molecule has 4 rings (SSSR count). The molecular formula is C27H22ClF3N4O4. The molecule has 3 aromatic carbocycles. The molecule has 0 spiro atoms. The van der Waals surface area contributed by atoms with E-state index >= 15 is 0 Å². The molecule has 8 nitrogen and oxygen atoms in total. The van der Waals surface area contributed by atoms with Crippen LogP contribution in [-0.2, 0) is 19.3 Å². The second-order valence-electron chi connectivity index (χ2n) is 8.56. The van der Waals surface area contributed by atoms with Crippen molar-refractivity contribution in [3.05, 3.63) is 121 Å². The molecule has 39 heavy (non-hydrogen) atoms. The molecule has 1 heterocycles. The van der Waals surface area contributed by atoms with Crippen molar-refractivity contribution in [2.45, 2.75) is 26.2 Å². The van der Waals surface area contributed by atoms with Crippen molar-refractivity contribution in [1.29, 1.82) is 0 Å². The van der Waals surface area contributed by atoms with Crippen LogP contribution >= 0.6 is 11.6 Å². The van der Waals surface area contributed by atoms with Gasteiger partial charge in [0.05, 0.1) is 28.4 Å². The molecule has 1 N–H and O–H groups in total. The molecular weight excluding hydrogens is 537 g/mol. The number of alkyl halides is 3. The van der Waals surface area contributed by atoms with Gasteiger partial charge in [-0.1, -0.05) is 54.1 Å². The lowest BCUT2D eigenvalue weighted by Crippen LogP contribution is -2.44. The van der Waals surface area contributed by atoms with Crippen molar-refractivity contribution in [3.63, 3.8) is 0 Å². The van der Waals surface area contributed by atoms with E-state index in [9.17, 15) is 32.7 Å². The van der Waals surface area contributed by atoms with E-state index in [2.05, 4.69) is 4.98 Å². The van der Waals surface area contributed by atoms with E-state index in [0.717, 1.165) is 26.8 Å². The van der Waals surface area contributed by atoms with Crippen molar-refractivity contribution in [2.24, 2.45) is 0 Å². The summed E-state index contributed by atoms with van der Waals surface area (Å²) in [5.41, 5.74) is -1.67. The van der Waals surface area contributed by atoms with Crippen LogP contribution in [-0.4, -0.2) is 31.7 Å². The Balaban J connectivity index is 1.89. The van der Waals surface area contributed by atoms with Crippen LogP contribution in [0.4, 0.5) is 19.1 Å². The lowest BCUT2D eigenvalue weighted by atomic mass is 10.1. The van der Waals surface area contributed by atoms with Crippen LogP contribution in [0.2, 0.25) is 5.02 Å². The van der Waals surface area contributed by atoms with E-state index in [1.807, 2.05) is 30.3 Å². The molecule has 0 saturated heterocycles. The molecule has 1 aromatic heterocycles. The van der Waals surface area contributed by atoms with E-state index in [0.29, 0.717) is 6.54 Å². The van der Waals surface area contributed by atoms with E-state index in [4.69, 9.17) is 11.6 Å². The largest absolute Gasteiger partial charge is 0.478 e. The maximum absolute atomic E-state index is 13.8. The lowest BCUT2D eigenvalue weighted by Gasteiger charge is -2.25. The van der Waals surface area contributed by atoms with Gasteiger partial charge in [0, 0.05) is 13.1 Å². The van der Waals surface area contributed by atoms with Crippen molar-refractivity contribution in [2.75, 3.05) is 11.4 Å². The number of carbonyl (C=O) groups is 1. The standard InChI is InChI=1S/C27H22ClF3N4O4/c1-2-33(15-17-6-4-3-5-7-17)24-32-25(38)34(16-18-8-10-19(11-9-18)27(29,30)31)26(39)35(24)20-12-13-22(28)21(14-20)23(36)37/h3-14H,2,15-16H2,1H3,(H,36,37). The fourth-order valence-corrected chi connectivity index (χ4v) is 4.18. The average Bonchev–Trinajstić information content (AvgIpc) is 2.90. The molecule has 0 aliphatic carbocycles. The van der Waals surface area contributed by atoms with Gasteiger partial charge in [0.2, 0.25) is 5.95 Å². The van der Waals surface area contributed by atoms with Crippen LogP contribution in [0.1, 0.15) is 34.0 Å². The van der Waals surface area contributed by atoms with Gasteiger partial charge in [-0.3, -0.25) is 0 Å². The van der Waals surface area contributed by atoms with Gasteiger partial charge in [0.1, 0.15) is 0 Å². The number of benzene rings is 3. The Hall–Kier alpha value is -4.38. The van der Waals surface area contributed by atoms with Gasteiger partial charge in [-0.2, -0.15) is 18.2 Å². The summed E-state index contributed by atoms with van der Waals surface area (Å²) in [5, 5.41) is 9.51. The summed E-state index contributed by atoms with van der Waals surface area (Å²) >= 11 is 6.03. The first-order valence-electron chi connectivity index (χ1n) is 11.7. The van der Waals surface area contributed by atoms with E-state index in [1.165, 1.54) is 30.3 Å². The Morgan fingerprint density at radius 1 is 1.00 bits per heavy atom. The number of anilines is 1. The van der Waals surface area contributed by atoms with Gasteiger partial charge in [-0.05, 0) is 48.4 Å². The highest BCUT2D eigenvalue weighted by Gasteiger charge is 2.30. The van der Waals surface area contributed by atoms with Gasteiger partial charge in [-0.15, -0.1) is 0 Å². The first-order chi connectivity index (χ1) is 18.5. The molecule has 0 saturated carbocycles. The van der Waals surface area contributed by atoms with Gasteiger partial charge in [0.25, 0.3) is 0 Å². The quantitative estimate of drug-likeness (QED) is 0.332. The van der Waals surface area contributed by atoms with Gasteiger partial charge in [-0.25, -0.2) is 23.5 Å². The zero-order valence-corrected chi connectivity index (χ0v) is 21.3. The Morgan fingerprint density at radius 3 is 2.26 bits per heavy atom. The second kappa shape index (κ2) is 11.2. The van der Waals surface area contributed by atoms with Crippen LogP contribution in [0.15, 0.2) is 82.4 Å². The zero-order chi connectivity index (χ0) is 28.3. The second-order valence-corrected chi connectivity index (χ2v) is 8.97. The van der Waals surface area contributed by atoms with E-state index in [-0.39, 0.29) is 40.9 Å². The predicted molar refractivity (Wildman–Crippen MR) is 140 cm³/mol. The Bertz CT molecular complexity index is 1620. The van der Waals surface area contributed by atoms with Crippen LogP contribution in [0, 0.1) is 0 Å². The Kier molecular flexibility index (Phi) is 7.91. The highest BCUT2D eigenvalue weighted by molar-refractivity contribution is 6.33. The minimum atomic E-state index is -4.54. The van der Waals surface area contributed by atoms with Crippen LogP contribution < -0.4 is 16.3 Å². The smallest absolute Gasteiger partial charge is 0.416 e. The normalized spacial score (nSPS) is 11.4. The van der Waals surface area contributed by atoms with Crippen molar-refractivity contribution < 1.29 is 23.1 Å². The summed E-state index contributed by atoms with van der Waals surface area (Å²) in [6, 6.07) is 17.2. The average molecular weight is 559 g/mol. The summed E-state index contributed by atoms with van der Waals surface area (Å²) < 4.78 is 40.8. The number of hydrogen-bond acceptors (Lipinski definition) is 5. The van der Waals surface area contributed by atoms with Gasteiger partial charge >= 0.3 is 23.5 Å². The topological polar surface area (TPSA) is 97.4 Å². The summed E-state index contributed by atoms with van der Waals surface area (Å²) in [6.45, 7) is 2.07. The molecule has 0 bridgehead atoms. The fraction of sp³-hybridized carbons (Fsp3) is 0.185. The van der Waals surface area contributed by atoms with Crippen LogP contribution in [0.5, 0.6) is 0 Å². The minimum Gasteiger partial charge on any atom is -0.478 e. The number of aromatic carboxylic acids is 1. The number of carboxylic acid groups (broad SMARTS) is 1. The molecule has 0 aliphatic heterocycles. The highest BCUT2D eigenvalue weighted by atomic mass is 35.5. The summed E-state index contributed by atoms with van der Waals surface area (Å²) in [5.74, 6) is -1.35. The monoisotopic (exact) mass is 558 g/mol. The molecule has 0 amide bonds. The first-order valence-corrected chi connectivity index (χ1v) is 12.1. The molecule has 4 aromatic rings. The number of rotatable bonds is 8. The highest BCUT2D eigenvalue weighted by Crippen LogP contribution is 2.29. The van der Waals surface area contributed by atoms with Gasteiger partial charge in [0.15, 0.2) is 0 Å². The molecule has 0 fully saturated rings. The third kappa shape index (κ3) is 6.04. The minimum absolute atomic E-state index is 0.0290. The number of aromatic nitrogens is 3. The first kappa shape index (κ1) is 27.6. The summed E-state index contributed by atoms with van der Waals surface area (Å²) in [6.07, 6.45) is -4.54. The molecule has 0 aliphatic rings. The van der Waals surface area contributed by atoms with Crippen molar-refractivity contribution in [3.8, 4) is 5.69 Å². The molecule has 0 atom stereocenters. The maximum atomic E-state index is 13.8. The van der Waals surface area contributed by atoms with Crippen LogP contribution in [0.3, 0.4) is 0 Å². The predicted octanol–water partition coefficient (Wildman–Crippen LogP) is 4.84. The Labute approximate surface area is 225 Å². The third-order valence-electron chi connectivity index (χ3n) is 5.99. The SMILES string of the molecule is CCN(Cc1ccccc1)c1nc(=O)n(Cc2ccc(C(F)(F)F)cc2)c(=O)n1-c1ccc(Cl)c(C(=O)O)c1. The molecule has 202 valence electrons. The summed E-state index contributed by atoms with van der Waals surface area (Å²) in [4.78, 5) is 44.4. The number of carboxylic acids is 1. The van der Waals surface area contributed by atoms with Crippen LogP contribution in [0.25, 0.3) is 5.69 Å². The fourth-order valence-electron chi connectivity index (χ4n) is 3.98. The molecule has 0 unspecified atom stereocenters. The van der Waals surface area contributed by atoms with E-state index < -0.39 is 29.1 Å². The van der Waals surface area contributed by atoms with Gasteiger partial charge < -0.3 is 10.0 Å². The Morgan fingerprint density at radius 2 is 1.67 bits per heavy atom.